The van der Waals surface area contributed by atoms with Gasteiger partial charge in [-0.3, -0.25) is 9.25 Å². The molecular formula is C12H19N5O. The summed E-state index contributed by atoms with van der Waals surface area (Å²) in [4.78, 5) is 4.31. The smallest absolute Gasteiger partial charge is 0.207 e. The molecule has 0 atom stereocenters. The van der Waals surface area contributed by atoms with Crippen LogP contribution < -0.4 is 5.32 Å². The van der Waals surface area contributed by atoms with Crippen molar-refractivity contribution in [1.29, 1.82) is 0 Å². The summed E-state index contributed by atoms with van der Waals surface area (Å²) in [7, 11) is 3.62. The van der Waals surface area contributed by atoms with Crippen molar-refractivity contribution < 1.29 is 4.74 Å². The van der Waals surface area contributed by atoms with E-state index in [0.717, 1.165) is 36.9 Å². The van der Waals surface area contributed by atoms with Crippen LogP contribution in [0.2, 0.25) is 0 Å². The highest BCUT2D eigenvalue weighted by atomic mass is 16.5. The maximum atomic E-state index is 5.02. The molecule has 0 saturated heterocycles. The zero-order chi connectivity index (χ0) is 13.0. The number of nitrogens with zero attached hydrogens (tertiary/aromatic N) is 4. The quantitative estimate of drug-likeness (QED) is 0.785. The van der Waals surface area contributed by atoms with Gasteiger partial charge in [0.15, 0.2) is 0 Å². The molecule has 2 aromatic heterocycles. The first-order valence-electron chi connectivity index (χ1n) is 5.99. The molecule has 0 aliphatic carbocycles. The zero-order valence-electron chi connectivity index (χ0n) is 11.1. The molecular weight excluding hydrogens is 230 g/mol. The zero-order valence-corrected chi connectivity index (χ0v) is 11.1. The number of nitrogens with one attached hydrogen (secondary N) is 1. The Hall–Kier alpha value is -1.82. The van der Waals surface area contributed by atoms with E-state index in [1.165, 1.54) is 0 Å². The third-order valence-electron chi connectivity index (χ3n) is 2.70. The van der Waals surface area contributed by atoms with Gasteiger partial charge in [-0.1, -0.05) is 0 Å². The predicted molar refractivity (Wildman–Crippen MR) is 70.0 cm³/mol. The van der Waals surface area contributed by atoms with Crippen LogP contribution in [-0.2, 0) is 11.8 Å². The molecule has 0 saturated carbocycles. The van der Waals surface area contributed by atoms with E-state index in [1.54, 1.807) is 18.0 Å². The Kier molecular flexibility index (Phi) is 3.99. The number of aryl methyl sites for hydroxylation is 2. The first kappa shape index (κ1) is 12.6. The summed E-state index contributed by atoms with van der Waals surface area (Å²) in [5.41, 5.74) is 2.03. The van der Waals surface area contributed by atoms with Gasteiger partial charge in [0.2, 0.25) is 5.95 Å². The van der Waals surface area contributed by atoms with E-state index in [-0.39, 0.29) is 0 Å². The molecule has 2 heterocycles. The Morgan fingerprint density at radius 1 is 1.44 bits per heavy atom. The number of aromatic nitrogens is 4. The molecule has 6 nitrogen and oxygen atoms in total. The molecule has 0 radical (unpaired) electrons. The van der Waals surface area contributed by atoms with Crippen molar-refractivity contribution >= 4 is 5.95 Å². The number of methoxy groups -OCH3 is 1. The summed E-state index contributed by atoms with van der Waals surface area (Å²) in [6, 6.07) is 0. The van der Waals surface area contributed by atoms with Crippen LogP contribution in [0.3, 0.4) is 0 Å². The molecule has 1 N–H and O–H groups in total. The van der Waals surface area contributed by atoms with Crippen LogP contribution in [0.5, 0.6) is 0 Å². The monoisotopic (exact) mass is 249 g/mol. The fourth-order valence-electron chi connectivity index (χ4n) is 1.87. The Morgan fingerprint density at radius 3 is 2.94 bits per heavy atom. The lowest BCUT2D eigenvalue weighted by Crippen LogP contribution is -2.09. The van der Waals surface area contributed by atoms with Gasteiger partial charge in [-0.25, -0.2) is 4.98 Å². The van der Waals surface area contributed by atoms with E-state index in [1.807, 2.05) is 30.9 Å². The Bertz CT molecular complexity index is 502. The minimum atomic E-state index is 0.750. The highest BCUT2D eigenvalue weighted by molar-refractivity contribution is 5.43. The van der Waals surface area contributed by atoms with Crippen molar-refractivity contribution in [3.05, 3.63) is 24.3 Å². The fourth-order valence-corrected chi connectivity index (χ4v) is 1.87. The lowest BCUT2D eigenvalue weighted by atomic mass is 10.4. The molecule has 0 bridgehead atoms. The third kappa shape index (κ3) is 2.70. The largest absolute Gasteiger partial charge is 0.385 e. The lowest BCUT2D eigenvalue weighted by Gasteiger charge is -2.08. The van der Waals surface area contributed by atoms with E-state index in [4.69, 9.17) is 4.74 Å². The molecule has 0 aromatic carbocycles. The van der Waals surface area contributed by atoms with E-state index in [0.29, 0.717) is 0 Å². The van der Waals surface area contributed by atoms with E-state index >= 15 is 0 Å². The number of anilines is 1. The summed E-state index contributed by atoms with van der Waals surface area (Å²) in [5.74, 6) is 0.835. The fraction of sp³-hybridized carbons (Fsp3) is 0.500. The van der Waals surface area contributed by atoms with Gasteiger partial charge in [-0.15, -0.1) is 0 Å². The van der Waals surface area contributed by atoms with Crippen LogP contribution in [0.15, 0.2) is 18.6 Å². The molecule has 0 spiro atoms. The topological polar surface area (TPSA) is 56.9 Å². The average Bonchev–Trinajstić information content (AvgIpc) is 2.91. The third-order valence-corrected chi connectivity index (χ3v) is 2.70. The summed E-state index contributed by atoms with van der Waals surface area (Å²) >= 11 is 0. The number of hydrogen-bond acceptors (Lipinski definition) is 4. The predicted octanol–water partition coefficient (Wildman–Crippen LogP) is 1.36. The number of imidazole rings is 1. The van der Waals surface area contributed by atoms with Crippen molar-refractivity contribution in [2.45, 2.75) is 13.3 Å². The number of rotatable bonds is 6. The SMILES string of the molecule is COCCCNc1nccn1-c1cn(C)nc1C. The molecule has 0 amide bonds. The second-order valence-corrected chi connectivity index (χ2v) is 4.17. The second kappa shape index (κ2) is 5.68. The van der Waals surface area contributed by atoms with Gasteiger partial charge in [0.25, 0.3) is 0 Å². The van der Waals surface area contributed by atoms with Gasteiger partial charge in [-0.2, -0.15) is 5.10 Å². The van der Waals surface area contributed by atoms with Gasteiger partial charge in [0.05, 0.1) is 11.4 Å². The standard InChI is InChI=1S/C12H19N5O/c1-10-11(9-16(2)15-10)17-7-6-14-12(17)13-5-4-8-18-3/h6-7,9H,4-5,8H2,1-3H3,(H,13,14). The number of hydrogen-bond donors (Lipinski definition) is 1. The summed E-state index contributed by atoms with van der Waals surface area (Å²) in [6.07, 6.45) is 6.65. The van der Waals surface area contributed by atoms with Gasteiger partial charge in [0.1, 0.15) is 0 Å². The van der Waals surface area contributed by atoms with Crippen molar-refractivity contribution in [3.8, 4) is 5.69 Å². The molecule has 18 heavy (non-hydrogen) atoms. The van der Waals surface area contributed by atoms with Crippen LogP contribution in [-0.4, -0.2) is 39.6 Å². The molecule has 0 aliphatic heterocycles. The Morgan fingerprint density at radius 2 is 2.28 bits per heavy atom. The van der Waals surface area contributed by atoms with E-state index in [9.17, 15) is 0 Å². The van der Waals surface area contributed by atoms with Crippen LogP contribution in [0, 0.1) is 6.92 Å². The van der Waals surface area contributed by atoms with E-state index in [2.05, 4.69) is 15.4 Å². The average molecular weight is 249 g/mol. The first-order chi connectivity index (χ1) is 8.72. The van der Waals surface area contributed by atoms with Crippen molar-refractivity contribution in [1.82, 2.24) is 19.3 Å². The highest BCUT2D eigenvalue weighted by Gasteiger charge is 2.09. The highest BCUT2D eigenvalue weighted by Crippen LogP contribution is 2.16. The van der Waals surface area contributed by atoms with E-state index < -0.39 is 0 Å². The van der Waals surface area contributed by atoms with Crippen molar-refractivity contribution in [3.63, 3.8) is 0 Å². The van der Waals surface area contributed by atoms with Crippen LogP contribution in [0.25, 0.3) is 5.69 Å². The van der Waals surface area contributed by atoms with Crippen LogP contribution in [0.1, 0.15) is 12.1 Å². The summed E-state index contributed by atoms with van der Waals surface area (Å²) in [5, 5.41) is 7.64. The lowest BCUT2D eigenvalue weighted by molar-refractivity contribution is 0.197. The molecule has 98 valence electrons. The maximum Gasteiger partial charge on any atom is 0.207 e. The molecule has 6 heteroatoms. The Balaban J connectivity index is 2.10. The first-order valence-corrected chi connectivity index (χ1v) is 5.99. The normalized spacial score (nSPS) is 10.8. The van der Waals surface area contributed by atoms with Crippen LogP contribution >= 0.6 is 0 Å². The summed E-state index contributed by atoms with van der Waals surface area (Å²) < 4.78 is 8.83. The minimum Gasteiger partial charge on any atom is -0.385 e. The maximum absolute atomic E-state index is 5.02. The second-order valence-electron chi connectivity index (χ2n) is 4.17. The molecule has 0 aliphatic rings. The minimum absolute atomic E-state index is 0.750. The van der Waals surface area contributed by atoms with Gasteiger partial charge < -0.3 is 10.1 Å². The van der Waals surface area contributed by atoms with Crippen LogP contribution in [0.4, 0.5) is 5.95 Å². The molecule has 0 unspecified atom stereocenters. The van der Waals surface area contributed by atoms with Gasteiger partial charge in [0, 0.05) is 45.9 Å². The van der Waals surface area contributed by atoms with Crippen molar-refractivity contribution in [2.75, 3.05) is 25.6 Å². The molecule has 2 rings (SSSR count). The summed E-state index contributed by atoms with van der Waals surface area (Å²) in [6.45, 7) is 3.58. The number of ether oxygens (including phenoxy) is 1. The van der Waals surface area contributed by atoms with Gasteiger partial charge in [-0.05, 0) is 13.3 Å². The molecule has 0 fully saturated rings. The Labute approximate surface area is 107 Å². The van der Waals surface area contributed by atoms with Crippen molar-refractivity contribution in [2.24, 2.45) is 7.05 Å². The molecule has 2 aromatic rings. The van der Waals surface area contributed by atoms with Gasteiger partial charge >= 0.3 is 0 Å².